The Labute approximate surface area is 153 Å². The Morgan fingerprint density at radius 3 is 2.12 bits per heavy atom. The van der Waals surface area contributed by atoms with E-state index in [4.69, 9.17) is 0 Å². The number of hydrogen-bond donors (Lipinski definition) is 1. The molecule has 0 spiro atoms. The van der Waals surface area contributed by atoms with Gasteiger partial charge >= 0.3 is 0 Å². The van der Waals surface area contributed by atoms with Crippen molar-refractivity contribution in [3.05, 3.63) is 100 Å². The highest BCUT2D eigenvalue weighted by Gasteiger charge is 2.19. The summed E-state index contributed by atoms with van der Waals surface area (Å²) in [5, 5.41) is 2.96. The maximum Gasteiger partial charge on any atom is 0.228 e. The molecule has 0 bridgehead atoms. The molecule has 0 fully saturated rings. The van der Waals surface area contributed by atoms with Crippen molar-refractivity contribution in [3.63, 3.8) is 0 Å². The highest BCUT2D eigenvalue weighted by atomic mass is 16.1. The largest absolute Gasteiger partial charge is 0.326 e. The van der Waals surface area contributed by atoms with Crippen LogP contribution in [0.3, 0.4) is 0 Å². The molecule has 5 rings (SSSR count). The number of carbonyl (C=O) groups excluding carboxylic acids is 1. The summed E-state index contributed by atoms with van der Waals surface area (Å²) in [6.07, 6.45) is 4.86. The molecule has 0 aromatic heterocycles. The molecule has 1 N–H and O–H groups in total. The Morgan fingerprint density at radius 1 is 0.769 bits per heavy atom. The molecule has 126 valence electrons. The predicted octanol–water partition coefficient (Wildman–Crippen LogP) is 4.87. The molecular weight excluding hydrogens is 318 g/mol. The molecule has 0 unspecified atom stereocenters. The molecule has 26 heavy (non-hydrogen) atoms. The lowest BCUT2D eigenvalue weighted by Crippen LogP contribution is -2.03. The second kappa shape index (κ2) is 5.99. The molecule has 0 radical (unpaired) electrons. The van der Waals surface area contributed by atoms with E-state index in [1.165, 1.54) is 27.8 Å². The minimum atomic E-state index is 0.0787. The molecule has 3 aromatic rings. The van der Waals surface area contributed by atoms with Crippen LogP contribution >= 0.6 is 0 Å². The maximum atomic E-state index is 11.6. The fourth-order valence-corrected chi connectivity index (χ4v) is 4.06. The van der Waals surface area contributed by atoms with E-state index in [0.29, 0.717) is 6.42 Å². The third-order valence-corrected chi connectivity index (χ3v) is 5.35. The lowest BCUT2D eigenvalue weighted by Gasteiger charge is -2.12. The lowest BCUT2D eigenvalue weighted by atomic mass is 9.92. The summed E-state index contributed by atoms with van der Waals surface area (Å²) >= 11 is 0. The standard InChI is InChI=1S/C24H19NO/c26-24-15-19-10-9-16(14-23(19)25-24)13-22-20-7-3-1-5-17(20)11-12-18-6-2-4-8-21(18)22/h1-10,13-14H,11-12,15H2,(H,25,26). The van der Waals surface area contributed by atoms with E-state index in [1.807, 2.05) is 0 Å². The summed E-state index contributed by atoms with van der Waals surface area (Å²) in [6.45, 7) is 0. The van der Waals surface area contributed by atoms with E-state index in [1.54, 1.807) is 0 Å². The summed E-state index contributed by atoms with van der Waals surface area (Å²) < 4.78 is 0. The number of anilines is 1. The van der Waals surface area contributed by atoms with Gasteiger partial charge in [0.2, 0.25) is 5.91 Å². The van der Waals surface area contributed by atoms with Gasteiger partial charge in [-0.05, 0) is 63.9 Å². The van der Waals surface area contributed by atoms with Crippen LogP contribution in [0.2, 0.25) is 0 Å². The SMILES string of the molecule is O=C1Cc2ccc(C=C3c4ccccc4CCc4ccccc43)cc2N1. The van der Waals surface area contributed by atoms with Crippen molar-refractivity contribution in [2.45, 2.75) is 19.3 Å². The van der Waals surface area contributed by atoms with E-state index < -0.39 is 0 Å². The maximum absolute atomic E-state index is 11.6. The van der Waals surface area contributed by atoms with Crippen LogP contribution in [0.5, 0.6) is 0 Å². The Balaban J connectivity index is 1.70. The fourth-order valence-electron chi connectivity index (χ4n) is 4.06. The van der Waals surface area contributed by atoms with Crippen molar-refractivity contribution in [1.82, 2.24) is 0 Å². The number of fused-ring (bicyclic) bond motifs is 3. The first kappa shape index (κ1) is 15.2. The first-order valence-corrected chi connectivity index (χ1v) is 9.09. The van der Waals surface area contributed by atoms with E-state index in [0.717, 1.165) is 29.7 Å². The van der Waals surface area contributed by atoms with Gasteiger partial charge in [-0.1, -0.05) is 60.7 Å². The van der Waals surface area contributed by atoms with E-state index in [2.05, 4.69) is 78.1 Å². The molecule has 2 aliphatic rings. The van der Waals surface area contributed by atoms with Crippen LogP contribution in [0.1, 0.15) is 33.4 Å². The molecule has 0 saturated carbocycles. The van der Waals surface area contributed by atoms with Crippen molar-refractivity contribution < 1.29 is 4.79 Å². The Bertz CT molecular complexity index is 1010. The van der Waals surface area contributed by atoms with Crippen LogP contribution in [0.4, 0.5) is 5.69 Å². The second-order valence-electron chi connectivity index (χ2n) is 7.01. The molecule has 2 nitrogen and oxygen atoms in total. The van der Waals surface area contributed by atoms with Crippen molar-refractivity contribution in [2.24, 2.45) is 0 Å². The molecule has 2 heteroatoms. The number of benzene rings is 3. The second-order valence-corrected chi connectivity index (χ2v) is 7.01. The summed E-state index contributed by atoms with van der Waals surface area (Å²) in [6, 6.07) is 23.6. The monoisotopic (exact) mass is 337 g/mol. The van der Waals surface area contributed by atoms with Crippen molar-refractivity contribution in [1.29, 1.82) is 0 Å². The number of amides is 1. The van der Waals surface area contributed by atoms with Crippen LogP contribution in [0.15, 0.2) is 66.7 Å². The zero-order valence-electron chi connectivity index (χ0n) is 14.5. The molecule has 1 aliphatic carbocycles. The molecule has 1 heterocycles. The van der Waals surface area contributed by atoms with E-state index >= 15 is 0 Å². The lowest BCUT2D eigenvalue weighted by molar-refractivity contribution is -0.115. The quantitative estimate of drug-likeness (QED) is 0.674. The molecular formula is C24H19NO. The van der Waals surface area contributed by atoms with E-state index in [-0.39, 0.29) is 5.91 Å². The van der Waals surface area contributed by atoms with Gasteiger partial charge in [-0.3, -0.25) is 4.79 Å². The van der Waals surface area contributed by atoms with Crippen LogP contribution in [-0.2, 0) is 24.1 Å². The zero-order valence-corrected chi connectivity index (χ0v) is 14.5. The smallest absolute Gasteiger partial charge is 0.228 e. The Hall–Kier alpha value is -3.13. The number of carbonyl (C=O) groups is 1. The first-order valence-electron chi connectivity index (χ1n) is 9.09. The van der Waals surface area contributed by atoms with Gasteiger partial charge in [-0.2, -0.15) is 0 Å². The highest BCUT2D eigenvalue weighted by molar-refractivity contribution is 6.00. The third-order valence-electron chi connectivity index (χ3n) is 5.35. The minimum Gasteiger partial charge on any atom is -0.326 e. The van der Waals surface area contributed by atoms with Gasteiger partial charge in [0.1, 0.15) is 0 Å². The van der Waals surface area contributed by atoms with Gasteiger partial charge < -0.3 is 5.32 Å². The summed E-state index contributed by atoms with van der Waals surface area (Å²) in [4.78, 5) is 11.6. The molecule has 1 amide bonds. The van der Waals surface area contributed by atoms with E-state index in [9.17, 15) is 4.79 Å². The molecule has 1 aliphatic heterocycles. The fraction of sp³-hybridized carbons (Fsp3) is 0.125. The average molecular weight is 337 g/mol. The molecule has 3 aromatic carbocycles. The average Bonchev–Trinajstić information content (AvgIpc) is 2.96. The van der Waals surface area contributed by atoms with Crippen molar-refractivity contribution in [2.75, 3.05) is 5.32 Å². The van der Waals surface area contributed by atoms with Crippen molar-refractivity contribution in [3.8, 4) is 0 Å². The minimum absolute atomic E-state index is 0.0787. The summed E-state index contributed by atoms with van der Waals surface area (Å²) in [5.41, 5.74) is 9.81. The van der Waals surface area contributed by atoms with Crippen molar-refractivity contribution >= 4 is 23.2 Å². The van der Waals surface area contributed by atoms with Gasteiger partial charge in [0.15, 0.2) is 0 Å². The van der Waals surface area contributed by atoms with Gasteiger partial charge in [0, 0.05) is 5.69 Å². The Morgan fingerprint density at radius 2 is 1.42 bits per heavy atom. The topological polar surface area (TPSA) is 29.1 Å². The number of nitrogens with one attached hydrogen (secondary N) is 1. The molecule has 0 atom stereocenters. The van der Waals surface area contributed by atoms with Crippen LogP contribution in [0, 0.1) is 0 Å². The molecule has 0 saturated heterocycles. The summed E-state index contributed by atoms with van der Waals surface area (Å²) in [7, 11) is 0. The zero-order chi connectivity index (χ0) is 17.5. The first-order chi connectivity index (χ1) is 12.8. The van der Waals surface area contributed by atoms with Gasteiger partial charge in [-0.15, -0.1) is 0 Å². The number of rotatable bonds is 1. The van der Waals surface area contributed by atoms with Crippen LogP contribution in [-0.4, -0.2) is 5.91 Å². The van der Waals surface area contributed by atoms with Gasteiger partial charge in [-0.25, -0.2) is 0 Å². The van der Waals surface area contributed by atoms with Gasteiger partial charge in [0.05, 0.1) is 6.42 Å². The highest BCUT2D eigenvalue weighted by Crippen LogP contribution is 2.35. The predicted molar refractivity (Wildman–Crippen MR) is 106 cm³/mol. The van der Waals surface area contributed by atoms with Crippen LogP contribution < -0.4 is 5.32 Å². The van der Waals surface area contributed by atoms with Crippen LogP contribution in [0.25, 0.3) is 11.6 Å². The number of aryl methyl sites for hydroxylation is 2. The number of hydrogen-bond acceptors (Lipinski definition) is 1. The third kappa shape index (κ3) is 2.55. The van der Waals surface area contributed by atoms with Gasteiger partial charge in [0.25, 0.3) is 0 Å². The Kier molecular flexibility index (Phi) is 3.49. The summed E-state index contributed by atoms with van der Waals surface area (Å²) in [5.74, 6) is 0.0787. The normalized spacial score (nSPS) is 14.8.